The van der Waals surface area contributed by atoms with Gasteiger partial charge in [-0.2, -0.15) is 5.26 Å². The van der Waals surface area contributed by atoms with Gasteiger partial charge in [0.25, 0.3) is 10.0 Å². The molecule has 0 saturated carbocycles. The average Bonchev–Trinajstić information content (AvgIpc) is 2.91. The van der Waals surface area contributed by atoms with E-state index in [9.17, 15) is 8.42 Å². The van der Waals surface area contributed by atoms with Crippen LogP contribution in [-0.4, -0.2) is 24.0 Å². The molecule has 24 heavy (non-hydrogen) atoms. The van der Waals surface area contributed by atoms with Gasteiger partial charge in [0.2, 0.25) is 0 Å². The van der Waals surface area contributed by atoms with Crippen molar-refractivity contribution in [3.05, 3.63) is 53.9 Å². The molecule has 122 valence electrons. The number of aromatic nitrogens is 2. The molecule has 0 N–H and O–H groups in total. The summed E-state index contributed by atoms with van der Waals surface area (Å²) < 4.78 is 32.7. The number of aryl methyl sites for hydroxylation is 1. The van der Waals surface area contributed by atoms with Crippen LogP contribution in [-0.2, 0) is 10.0 Å². The fraction of sp³-hybridized carbons (Fsp3) is 0.176. The van der Waals surface area contributed by atoms with Gasteiger partial charge in [-0.3, -0.25) is 0 Å². The van der Waals surface area contributed by atoms with Gasteiger partial charge in [0, 0.05) is 23.3 Å². The summed E-state index contributed by atoms with van der Waals surface area (Å²) in [6.07, 6.45) is 1.55. The van der Waals surface area contributed by atoms with E-state index in [0.29, 0.717) is 23.5 Å². The first-order chi connectivity index (χ1) is 11.5. The van der Waals surface area contributed by atoms with E-state index in [-0.39, 0.29) is 10.6 Å². The van der Waals surface area contributed by atoms with Crippen molar-refractivity contribution in [1.82, 2.24) is 8.96 Å². The maximum absolute atomic E-state index is 13.1. The molecule has 0 bridgehead atoms. The van der Waals surface area contributed by atoms with Gasteiger partial charge in [-0.15, -0.1) is 0 Å². The fourth-order valence-electron chi connectivity index (χ4n) is 2.58. The van der Waals surface area contributed by atoms with Crippen molar-refractivity contribution in [2.24, 2.45) is 0 Å². The van der Waals surface area contributed by atoms with Crippen LogP contribution in [0, 0.1) is 18.3 Å². The first-order valence-electron chi connectivity index (χ1n) is 7.34. The van der Waals surface area contributed by atoms with Crippen LogP contribution in [0.5, 0.6) is 5.75 Å². The molecule has 7 heteroatoms. The molecular weight excluding hydrogens is 326 g/mol. The van der Waals surface area contributed by atoms with Crippen LogP contribution in [0.2, 0.25) is 0 Å². The normalized spacial score (nSPS) is 11.4. The molecule has 3 aromatic rings. The van der Waals surface area contributed by atoms with E-state index in [2.05, 4.69) is 4.98 Å². The lowest BCUT2D eigenvalue weighted by molar-refractivity contribution is 0.338. The highest BCUT2D eigenvalue weighted by atomic mass is 32.2. The number of ether oxygens (including phenoxy) is 1. The molecule has 0 atom stereocenters. The van der Waals surface area contributed by atoms with Gasteiger partial charge in [-0.05, 0) is 44.2 Å². The van der Waals surface area contributed by atoms with Crippen LogP contribution in [0.25, 0.3) is 11.0 Å². The molecule has 0 aliphatic heterocycles. The zero-order chi connectivity index (χ0) is 17.3. The SMILES string of the molecule is CCOc1cc(S(=O)(=O)n2c(C)cc3cccnc32)ccc1C#N. The number of hydrogen-bond acceptors (Lipinski definition) is 5. The maximum atomic E-state index is 13.1. The summed E-state index contributed by atoms with van der Waals surface area (Å²) in [5.74, 6) is 0.253. The Hall–Kier alpha value is -2.85. The highest BCUT2D eigenvalue weighted by Crippen LogP contribution is 2.27. The molecule has 0 aliphatic carbocycles. The van der Waals surface area contributed by atoms with E-state index in [1.165, 1.54) is 22.2 Å². The van der Waals surface area contributed by atoms with Crippen LogP contribution in [0.4, 0.5) is 0 Å². The topological polar surface area (TPSA) is 85.0 Å². The summed E-state index contributed by atoms with van der Waals surface area (Å²) in [5.41, 5.74) is 1.23. The summed E-state index contributed by atoms with van der Waals surface area (Å²) in [6, 6.07) is 11.6. The molecule has 0 amide bonds. The number of rotatable bonds is 4. The molecule has 0 saturated heterocycles. The number of fused-ring (bicyclic) bond motifs is 1. The van der Waals surface area contributed by atoms with Gasteiger partial charge in [0.05, 0.1) is 17.1 Å². The van der Waals surface area contributed by atoms with E-state index in [1.54, 1.807) is 32.2 Å². The number of nitrogens with zero attached hydrogens (tertiary/aromatic N) is 3. The van der Waals surface area contributed by atoms with Crippen LogP contribution in [0.1, 0.15) is 18.2 Å². The lowest BCUT2D eigenvalue weighted by atomic mass is 10.2. The molecule has 0 aliphatic rings. The largest absolute Gasteiger partial charge is 0.492 e. The van der Waals surface area contributed by atoms with E-state index in [4.69, 9.17) is 10.00 Å². The number of nitriles is 1. The standard InChI is InChI=1S/C17H15N3O3S/c1-3-23-16-10-15(7-6-14(16)11-18)24(21,22)20-12(2)9-13-5-4-8-19-17(13)20/h4-10H,3H2,1-2H3. The predicted molar refractivity (Wildman–Crippen MR) is 89.4 cm³/mol. The van der Waals surface area contributed by atoms with E-state index in [0.717, 1.165) is 5.39 Å². The fourth-order valence-corrected chi connectivity index (χ4v) is 4.10. The van der Waals surface area contributed by atoms with Crippen molar-refractivity contribution in [2.75, 3.05) is 6.61 Å². The van der Waals surface area contributed by atoms with Crippen molar-refractivity contribution in [2.45, 2.75) is 18.7 Å². The third-order valence-electron chi connectivity index (χ3n) is 3.61. The Morgan fingerprint density at radius 2 is 2.08 bits per heavy atom. The lowest BCUT2D eigenvalue weighted by Crippen LogP contribution is -2.15. The van der Waals surface area contributed by atoms with Gasteiger partial charge in [-0.25, -0.2) is 17.4 Å². The summed E-state index contributed by atoms with van der Waals surface area (Å²) >= 11 is 0. The summed E-state index contributed by atoms with van der Waals surface area (Å²) in [4.78, 5) is 4.24. The summed E-state index contributed by atoms with van der Waals surface area (Å²) in [6.45, 7) is 3.83. The quantitative estimate of drug-likeness (QED) is 0.728. The van der Waals surface area contributed by atoms with Crippen molar-refractivity contribution >= 4 is 21.1 Å². The van der Waals surface area contributed by atoms with Crippen LogP contribution in [0.15, 0.2) is 47.5 Å². The van der Waals surface area contributed by atoms with Crippen molar-refractivity contribution < 1.29 is 13.2 Å². The molecule has 2 heterocycles. The number of pyridine rings is 1. The molecule has 0 radical (unpaired) electrons. The number of benzene rings is 1. The van der Waals surface area contributed by atoms with Gasteiger partial charge in [0.15, 0.2) is 5.65 Å². The Bertz CT molecular complexity index is 1060. The van der Waals surface area contributed by atoms with Crippen molar-refractivity contribution in [1.29, 1.82) is 5.26 Å². The molecule has 0 fully saturated rings. The number of hydrogen-bond donors (Lipinski definition) is 0. The smallest absolute Gasteiger partial charge is 0.269 e. The van der Waals surface area contributed by atoms with E-state index < -0.39 is 10.0 Å². The highest BCUT2D eigenvalue weighted by molar-refractivity contribution is 7.90. The molecule has 2 aromatic heterocycles. The lowest BCUT2D eigenvalue weighted by Gasteiger charge is -2.12. The predicted octanol–water partition coefficient (Wildman–Crippen LogP) is 2.85. The second kappa shape index (κ2) is 5.98. The van der Waals surface area contributed by atoms with Gasteiger partial charge >= 0.3 is 0 Å². The third-order valence-corrected chi connectivity index (χ3v) is 5.40. The third kappa shape index (κ3) is 2.51. The van der Waals surface area contributed by atoms with Crippen molar-refractivity contribution in [3.8, 4) is 11.8 Å². The average molecular weight is 341 g/mol. The van der Waals surface area contributed by atoms with E-state index in [1.807, 2.05) is 12.1 Å². The zero-order valence-electron chi connectivity index (χ0n) is 13.2. The second-order valence-corrected chi connectivity index (χ2v) is 6.96. The Morgan fingerprint density at radius 1 is 1.29 bits per heavy atom. The van der Waals surface area contributed by atoms with Crippen LogP contribution in [0.3, 0.4) is 0 Å². The van der Waals surface area contributed by atoms with Crippen LogP contribution >= 0.6 is 0 Å². The minimum absolute atomic E-state index is 0.0520. The second-order valence-electron chi connectivity index (χ2n) is 5.17. The first-order valence-corrected chi connectivity index (χ1v) is 8.78. The zero-order valence-corrected chi connectivity index (χ0v) is 14.0. The first kappa shape index (κ1) is 16.0. The Morgan fingerprint density at radius 3 is 2.79 bits per heavy atom. The minimum Gasteiger partial charge on any atom is -0.492 e. The molecule has 1 aromatic carbocycles. The Balaban J connectivity index is 2.23. The molecule has 0 unspecified atom stereocenters. The Kier molecular flexibility index (Phi) is 3.99. The van der Waals surface area contributed by atoms with Crippen molar-refractivity contribution in [3.63, 3.8) is 0 Å². The molecule has 3 rings (SSSR count). The minimum atomic E-state index is -3.85. The van der Waals surface area contributed by atoms with Gasteiger partial charge in [-0.1, -0.05) is 0 Å². The monoisotopic (exact) mass is 341 g/mol. The summed E-state index contributed by atoms with van der Waals surface area (Å²) in [7, 11) is -3.85. The Labute approximate surface area is 140 Å². The van der Waals surface area contributed by atoms with Gasteiger partial charge in [0.1, 0.15) is 11.8 Å². The maximum Gasteiger partial charge on any atom is 0.269 e. The van der Waals surface area contributed by atoms with Crippen LogP contribution < -0.4 is 4.74 Å². The molecule has 0 spiro atoms. The molecule has 6 nitrogen and oxygen atoms in total. The van der Waals surface area contributed by atoms with Gasteiger partial charge < -0.3 is 4.74 Å². The van der Waals surface area contributed by atoms with E-state index >= 15 is 0 Å². The molecular formula is C17H15N3O3S. The highest BCUT2D eigenvalue weighted by Gasteiger charge is 2.23. The summed E-state index contributed by atoms with van der Waals surface area (Å²) in [5, 5.41) is 9.86.